The van der Waals surface area contributed by atoms with Crippen molar-refractivity contribution in [3.63, 3.8) is 0 Å². The monoisotopic (exact) mass is 329 g/mol. The van der Waals surface area contributed by atoms with E-state index in [9.17, 15) is 14.7 Å². The van der Waals surface area contributed by atoms with Crippen molar-refractivity contribution in [3.8, 4) is 0 Å². The quantitative estimate of drug-likeness (QED) is 0.891. The van der Waals surface area contributed by atoms with Gasteiger partial charge in [0.25, 0.3) is 11.7 Å². The van der Waals surface area contributed by atoms with Crippen molar-refractivity contribution in [2.45, 2.75) is 51.1 Å². The molecule has 2 aliphatic rings. The van der Waals surface area contributed by atoms with Crippen LogP contribution in [0.1, 0.15) is 48.4 Å². The van der Waals surface area contributed by atoms with Crippen LogP contribution in [-0.2, 0) is 4.79 Å². The van der Waals surface area contributed by atoms with Gasteiger partial charge in [-0.3, -0.25) is 4.79 Å². The average Bonchev–Trinajstić information content (AvgIpc) is 3.16. The highest BCUT2D eigenvalue weighted by Gasteiger charge is 2.48. The number of hydrogen-bond acceptors (Lipinski definition) is 5. The zero-order valence-corrected chi connectivity index (χ0v) is 13.4. The van der Waals surface area contributed by atoms with E-state index in [0.717, 1.165) is 31.4 Å². The topological polar surface area (TPSA) is 101 Å². The van der Waals surface area contributed by atoms with E-state index in [-0.39, 0.29) is 17.8 Å². The second kappa shape index (κ2) is 5.54. The summed E-state index contributed by atoms with van der Waals surface area (Å²) in [4.78, 5) is 34.5. The Morgan fingerprint density at radius 3 is 2.83 bits per heavy atom. The summed E-state index contributed by atoms with van der Waals surface area (Å²) in [5.74, 6) is -0.711. The molecule has 2 aromatic rings. The van der Waals surface area contributed by atoms with Gasteiger partial charge in [0, 0.05) is 17.9 Å². The van der Waals surface area contributed by atoms with Gasteiger partial charge in [0.15, 0.2) is 0 Å². The summed E-state index contributed by atoms with van der Waals surface area (Å²) in [5, 5.41) is 13.8. The lowest BCUT2D eigenvalue weighted by molar-refractivity contribution is -0.141. The minimum Gasteiger partial charge on any atom is -0.480 e. The second-order valence-corrected chi connectivity index (χ2v) is 6.65. The Hall–Kier alpha value is -2.51. The van der Waals surface area contributed by atoms with E-state index < -0.39 is 17.9 Å². The molecule has 1 aliphatic carbocycles. The smallest absolute Gasteiger partial charge is 0.326 e. The number of nitrogens with zero attached hydrogens (tertiary/aromatic N) is 5. The summed E-state index contributed by atoms with van der Waals surface area (Å²) in [6.07, 6.45) is 6.10. The van der Waals surface area contributed by atoms with Crippen LogP contribution in [0.25, 0.3) is 5.78 Å². The molecule has 4 rings (SSSR count). The molecule has 0 aromatic carbocycles. The van der Waals surface area contributed by atoms with Crippen molar-refractivity contribution in [2.24, 2.45) is 5.92 Å². The molecule has 1 saturated heterocycles. The molecule has 3 heterocycles. The number of aromatic nitrogens is 4. The fraction of sp³-hybridized carbons (Fsp3) is 0.562. The van der Waals surface area contributed by atoms with Gasteiger partial charge in [0.2, 0.25) is 5.82 Å². The molecule has 8 heteroatoms. The van der Waals surface area contributed by atoms with Crippen LogP contribution in [0.15, 0.2) is 12.3 Å². The van der Waals surface area contributed by atoms with Crippen LogP contribution >= 0.6 is 0 Å². The average molecular weight is 329 g/mol. The number of carboxylic acids is 1. The molecule has 2 aromatic heterocycles. The van der Waals surface area contributed by atoms with Crippen molar-refractivity contribution in [1.82, 2.24) is 24.5 Å². The highest BCUT2D eigenvalue weighted by Crippen LogP contribution is 2.40. The maximum Gasteiger partial charge on any atom is 0.326 e. The van der Waals surface area contributed by atoms with Gasteiger partial charge in [-0.15, -0.1) is 5.10 Å². The first kappa shape index (κ1) is 15.0. The number of rotatable bonds is 2. The van der Waals surface area contributed by atoms with Crippen LogP contribution in [0.4, 0.5) is 0 Å². The van der Waals surface area contributed by atoms with Crippen LogP contribution in [0.5, 0.6) is 0 Å². The Balaban J connectivity index is 1.72. The summed E-state index contributed by atoms with van der Waals surface area (Å²) in [6.45, 7) is 1.85. The number of carbonyl (C=O) groups excluding carboxylic acids is 1. The summed E-state index contributed by atoms with van der Waals surface area (Å²) >= 11 is 0. The molecule has 0 radical (unpaired) electrons. The van der Waals surface area contributed by atoms with Gasteiger partial charge in [-0.25, -0.2) is 14.3 Å². The zero-order chi connectivity index (χ0) is 16.8. The lowest BCUT2D eigenvalue weighted by Gasteiger charge is -2.32. The van der Waals surface area contributed by atoms with Gasteiger partial charge in [0.05, 0.1) is 0 Å². The first-order chi connectivity index (χ1) is 11.6. The molecular formula is C16H19N5O3. The van der Waals surface area contributed by atoms with Gasteiger partial charge < -0.3 is 10.0 Å². The number of hydrogen-bond donors (Lipinski definition) is 1. The van der Waals surface area contributed by atoms with Gasteiger partial charge in [0.1, 0.15) is 6.04 Å². The Morgan fingerprint density at radius 2 is 2.08 bits per heavy atom. The van der Waals surface area contributed by atoms with E-state index in [0.29, 0.717) is 12.2 Å². The molecule has 1 aliphatic heterocycles. The number of aliphatic carboxylic acids is 1. The van der Waals surface area contributed by atoms with E-state index in [4.69, 9.17) is 0 Å². The molecule has 3 atom stereocenters. The molecule has 0 spiro atoms. The number of carboxylic acid groups (broad SMARTS) is 1. The van der Waals surface area contributed by atoms with E-state index >= 15 is 0 Å². The van der Waals surface area contributed by atoms with Crippen LogP contribution < -0.4 is 0 Å². The standard InChI is InChI=1S/C16H19N5O3/c1-9-6-7-17-16-18-13(19-21(9)16)14(22)20-11-5-3-2-4-10(11)8-12(20)15(23)24/h6-7,10-12H,2-5,8H2,1H3,(H,23,24)/t10-,11-,12+/m1/s1. The second-order valence-electron chi connectivity index (χ2n) is 6.65. The minimum absolute atomic E-state index is 0.0204. The summed E-state index contributed by atoms with van der Waals surface area (Å²) < 4.78 is 1.51. The minimum atomic E-state index is -0.948. The first-order valence-corrected chi connectivity index (χ1v) is 8.30. The van der Waals surface area contributed by atoms with Crippen LogP contribution in [-0.4, -0.2) is 53.5 Å². The predicted molar refractivity (Wildman–Crippen MR) is 83.5 cm³/mol. The lowest BCUT2D eigenvalue weighted by Crippen LogP contribution is -2.46. The lowest BCUT2D eigenvalue weighted by atomic mass is 9.85. The molecule has 2 fully saturated rings. The maximum atomic E-state index is 13.0. The Labute approximate surface area is 138 Å². The van der Waals surface area contributed by atoms with Gasteiger partial charge in [-0.1, -0.05) is 12.8 Å². The number of likely N-dealkylation sites (tertiary alicyclic amines) is 1. The molecular weight excluding hydrogens is 310 g/mol. The summed E-state index contributed by atoms with van der Waals surface area (Å²) in [5.41, 5.74) is 0.818. The van der Waals surface area contributed by atoms with Gasteiger partial charge in [-0.2, -0.15) is 4.98 Å². The van der Waals surface area contributed by atoms with Gasteiger partial charge >= 0.3 is 5.97 Å². The van der Waals surface area contributed by atoms with E-state index in [1.807, 2.05) is 6.92 Å². The molecule has 126 valence electrons. The number of aryl methyl sites for hydroxylation is 1. The van der Waals surface area contributed by atoms with Crippen molar-refractivity contribution >= 4 is 17.7 Å². The number of fused-ring (bicyclic) bond motifs is 2. The molecule has 1 saturated carbocycles. The SMILES string of the molecule is Cc1ccnc2nc(C(=O)N3[C@@H]4CCCC[C@@H]4C[C@H]3C(=O)O)nn12. The van der Waals surface area contributed by atoms with Crippen molar-refractivity contribution in [3.05, 3.63) is 23.8 Å². The van der Waals surface area contributed by atoms with Crippen molar-refractivity contribution < 1.29 is 14.7 Å². The predicted octanol–water partition coefficient (Wildman–Crippen LogP) is 1.29. The molecule has 0 unspecified atom stereocenters. The summed E-state index contributed by atoms with van der Waals surface area (Å²) in [6, 6.07) is 0.975. The zero-order valence-electron chi connectivity index (χ0n) is 13.4. The molecule has 1 amide bonds. The Kier molecular flexibility index (Phi) is 3.47. The third kappa shape index (κ3) is 2.24. The van der Waals surface area contributed by atoms with E-state index in [2.05, 4.69) is 15.1 Å². The molecule has 0 bridgehead atoms. The molecule has 8 nitrogen and oxygen atoms in total. The molecule has 1 N–H and O–H groups in total. The number of amides is 1. The van der Waals surface area contributed by atoms with Crippen molar-refractivity contribution in [1.29, 1.82) is 0 Å². The Morgan fingerprint density at radius 1 is 1.29 bits per heavy atom. The van der Waals surface area contributed by atoms with Crippen LogP contribution in [0.2, 0.25) is 0 Å². The van der Waals surface area contributed by atoms with E-state index in [1.54, 1.807) is 12.3 Å². The van der Waals surface area contributed by atoms with Crippen LogP contribution in [0, 0.1) is 12.8 Å². The maximum absolute atomic E-state index is 13.0. The third-order valence-corrected chi connectivity index (χ3v) is 5.23. The van der Waals surface area contributed by atoms with E-state index in [1.165, 1.54) is 9.42 Å². The third-order valence-electron chi connectivity index (χ3n) is 5.23. The summed E-state index contributed by atoms with van der Waals surface area (Å²) in [7, 11) is 0. The Bertz CT molecular complexity index is 817. The highest BCUT2D eigenvalue weighted by atomic mass is 16.4. The first-order valence-electron chi connectivity index (χ1n) is 8.30. The normalized spacial score (nSPS) is 26.5. The number of carbonyl (C=O) groups is 2. The van der Waals surface area contributed by atoms with Gasteiger partial charge in [-0.05, 0) is 38.2 Å². The van der Waals surface area contributed by atoms with Crippen molar-refractivity contribution in [2.75, 3.05) is 0 Å². The van der Waals surface area contributed by atoms with Crippen LogP contribution in [0.3, 0.4) is 0 Å². The molecule has 24 heavy (non-hydrogen) atoms. The fourth-order valence-electron chi connectivity index (χ4n) is 4.09. The largest absolute Gasteiger partial charge is 0.480 e. The highest BCUT2D eigenvalue weighted by molar-refractivity contribution is 5.94. The fourth-order valence-corrected chi connectivity index (χ4v) is 4.09.